The molecule has 94 valence electrons. The summed E-state index contributed by atoms with van der Waals surface area (Å²) in [6, 6.07) is 10.2. The van der Waals surface area contributed by atoms with E-state index < -0.39 is 5.97 Å². The second-order valence-corrected chi connectivity index (χ2v) is 3.72. The molecule has 0 amide bonds. The van der Waals surface area contributed by atoms with E-state index in [0.717, 1.165) is 17.4 Å². The van der Waals surface area contributed by atoms with Gasteiger partial charge in [-0.25, -0.2) is 4.79 Å². The molecule has 0 radical (unpaired) electrons. The molecule has 2 aromatic rings. The van der Waals surface area contributed by atoms with Crippen LogP contribution in [0.5, 0.6) is 0 Å². The van der Waals surface area contributed by atoms with E-state index in [1.165, 1.54) is 6.07 Å². The Balaban J connectivity index is 2.20. The van der Waals surface area contributed by atoms with Gasteiger partial charge >= 0.3 is 5.97 Å². The van der Waals surface area contributed by atoms with E-state index in [1.807, 2.05) is 0 Å². The Morgan fingerprint density at radius 1 is 1.21 bits per heavy atom. The maximum absolute atomic E-state index is 10.7. The number of carboxylic acids is 1. The van der Waals surface area contributed by atoms with E-state index >= 15 is 0 Å². The van der Waals surface area contributed by atoms with Gasteiger partial charge in [0.15, 0.2) is 0 Å². The van der Waals surface area contributed by atoms with Crippen molar-refractivity contribution in [3.8, 4) is 23.2 Å². The molecule has 4 nitrogen and oxygen atoms in total. The SMILES string of the molecule is O=CCC#Cc1ccc(-c2ccc(C(=O)O)o2)cc1. The van der Waals surface area contributed by atoms with Crippen LogP contribution in [0.4, 0.5) is 0 Å². The van der Waals surface area contributed by atoms with E-state index in [2.05, 4.69) is 11.8 Å². The molecule has 1 heterocycles. The Kier molecular flexibility index (Phi) is 3.79. The average molecular weight is 254 g/mol. The lowest BCUT2D eigenvalue weighted by Gasteiger charge is -1.96. The lowest BCUT2D eigenvalue weighted by atomic mass is 10.1. The minimum atomic E-state index is -1.09. The number of carbonyl (C=O) groups is 2. The number of aromatic carboxylic acids is 1. The molecule has 1 N–H and O–H groups in total. The van der Waals surface area contributed by atoms with Crippen molar-refractivity contribution in [3.63, 3.8) is 0 Å². The van der Waals surface area contributed by atoms with Crippen LogP contribution in [0.1, 0.15) is 22.5 Å². The number of aldehydes is 1. The first-order valence-electron chi connectivity index (χ1n) is 5.57. The summed E-state index contributed by atoms with van der Waals surface area (Å²) in [5.74, 6) is 4.86. The largest absolute Gasteiger partial charge is 0.475 e. The molecule has 1 aromatic carbocycles. The smallest absolute Gasteiger partial charge is 0.371 e. The van der Waals surface area contributed by atoms with Gasteiger partial charge in [-0.1, -0.05) is 24.0 Å². The highest BCUT2D eigenvalue weighted by Gasteiger charge is 2.09. The van der Waals surface area contributed by atoms with Crippen LogP contribution in [0.2, 0.25) is 0 Å². The third-order valence-corrected chi connectivity index (χ3v) is 2.40. The van der Waals surface area contributed by atoms with Crippen LogP contribution in [0.15, 0.2) is 40.8 Å². The van der Waals surface area contributed by atoms with Crippen molar-refractivity contribution in [2.24, 2.45) is 0 Å². The van der Waals surface area contributed by atoms with Crippen molar-refractivity contribution in [2.75, 3.05) is 0 Å². The molecular weight excluding hydrogens is 244 g/mol. The molecule has 19 heavy (non-hydrogen) atoms. The second-order valence-electron chi connectivity index (χ2n) is 3.72. The van der Waals surface area contributed by atoms with Crippen LogP contribution in [-0.2, 0) is 4.79 Å². The van der Waals surface area contributed by atoms with E-state index in [0.29, 0.717) is 5.76 Å². The van der Waals surface area contributed by atoms with Crippen LogP contribution in [0.25, 0.3) is 11.3 Å². The van der Waals surface area contributed by atoms with Gasteiger partial charge in [0.1, 0.15) is 12.0 Å². The van der Waals surface area contributed by atoms with Gasteiger partial charge in [0, 0.05) is 11.1 Å². The molecule has 0 bridgehead atoms. The first kappa shape index (κ1) is 12.7. The summed E-state index contributed by atoms with van der Waals surface area (Å²) in [5.41, 5.74) is 1.56. The summed E-state index contributed by atoms with van der Waals surface area (Å²) in [5, 5.41) is 8.77. The molecule has 0 spiro atoms. The Bertz CT molecular complexity index is 653. The summed E-state index contributed by atoms with van der Waals surface area (Å²) in [6.07, 6.45) is 0.958. The van der Waals surface area contributed by atoms with Gasteiger partial charge in [0.05, 0.1) is 6.42 Å². The standard InChI is InChI=1S/C15H10O4/c16-10-2-1-3-11-4-6-12(7-5-11)13-8-9-14(19-13)15(17)18/h4-10H,2H2,(H,17,18). The fourth-order valence-electron chi connectivity index (χ4n) is 1.52. The molecule has 0 aliphatic heterocycles. The van der Waals surface area contributed by atoms with Crippen molar-refractivity contribution in [3.05, 3.63) is 47.7 Å². The van der Waals surface area contributed by atoms with Crippen molar-refractivity contribution in [1.82, 2.24) is 0 Å². The zero-order chi connectivity index (χ0) is 13.7. The molecule has 0 saturated heterocycles. The molecule has 2 rings (SSSR count). The zero-order valence-corrected chi connectivity index (χ0v) is 9.92. The molecular formula is C15H10O4. The van der Waals surface area contributed by atoms with Gasteiger partial charge in [-0.05, 0) is 24.3 Å². The summed E-state index contributed by atoms with van der Waals surface area (Å²) in [6.45, 7) is 0. The number of benzene rings is 1. The number of hydrogen-bond donors (Lipinski definition) is 1. The summed E-state index contributed by atoms with van der Waals surface area (Å²) < 4.78 is 5.19. The maximum atomic E-state index is 10.7. The highest BCUT2D eigenvalue weighted by atomic mass is 16.4. The lowest BCUT2D eigenvalue weighted by Crippen LogP contribution is -1.91. The van der Waals surface area contributed by atoms with E-state index in [1.54, 1.807) is 30.3 Å². The van der Waals surface area contributed by atoms with Crippen molar-refractivity contribution >= 4 is 12.3 Å². The zero-order valence-electron chi connectivity index (χ0n) is 9.92. The van der Waals surface area contributed by atoms with E-state index in [4.69, 9.17) is 9.52 Å². The second kappa shape index (κ2) is 5.69. The first-order valence-corrected chi connectivity index (χ1v) is 5.57. The third-order valence-electron chi connectivity index (χ3n) is 2.40. The third kappa shape index (κ3) is 3.11. The first-order chi connectivity index (χ1) is 9.20. The Morgan fingerprint density at radius 2 is 1.95 bits per heavy atom. The molecule has 0 aliphatic rings. The molecule has 4 heteroatoms. The molecule has 0 atom stereocenters. The Hall–Kier alpha value is -2.80. The van der Waals surface area contributed by atoms with Crippen molar-refractivity contribution in [1.29, 1.82) is 0 Å². The van der Waals surface area contributed by atoms with Gasteiger partial charge in [-0.3, -0.25) is 0 Å². The minimum absolute atomic E-state index is 0.0927. The maximum Gasteiger partial charge on any atom is 0.371 e. The van der Waals surface area contributed by atoms with Gasteiger partial charge in [0.2, 0.25) is 5.76 Å². The minimum Gasteiger partial charge on any atom is -0.475 e. The van der Waals surface area contributed by atoms with E-state index in [9.17, 15) is 9.59 Å². The van der Waals surface area contributed by atoms with Crippen LogP contribution >= 0.6 is 0 Å². The summed E-state index contributed by atoms with van der Waals surface area (Å²) in [4.78, 5) is 20.8. The molecule has 1 aromatic heterocycles. The topological polar surface area (TPSA) is 67.5 Å². The quantitative estimate of drug-likeness (QED) is 0.675. The number of rotatable bonds is 3. The van der Waals surface area contributed by atoms with Gasteiger partial charge in [-0.2, -0.15) is 0 Å². The van der Waals surface area contributed by atoms with Crippen LogP contribution in [-0.4, -0.2) is 17.4 Å². The average Bonchev–Trinajstić information content (AvgIpc) is 2.90. The monoisotopic (exact) mass is 254 g/mol. The summed E-state index contributed by atoms with van der Waals surface area (Å²) in [7, 11) is 0. The van der Waals surface area contributed by atoms with Crippen LogP contribution < -0.4 is 0 Å². The van der Waals surface area contributed by atoms with Crippen LogP contribution in [0, 0.1) is 11.8 Å². The normalized spacial score (nSPS) is 9.47. The number of carbonyl (C=O) groups excluding carboxylic acids is 1. The number of hydrogen-bond acceptors (Lipinski definition) is 3. The Morgan fingerprint density at radius 3 is 2.53 bits per heavy atom. The molecule has 0 unspecified atom stereocenters. The fourth-order valence-corrected chi connectivity index (χ4v) is 1.52. The lowest BCUT2D eigenvalue weighted by molar-refractivity contribution is -0.107. The molecule has 0 aliphatic carbocycles. The fraction of sp³-hybridized carbons (Fsp3) is 0.0667. The summed E-state index contributed by atoms with van der Waals surface area (Å²) >= 11 is 0. The number of furan rings is 1. The predicted octanol–water partition coefficient (Wildman–Crippen LogP) is 2.59. The molecule has 0 saturated carbocycles. The van der Waals surface area contributed by atoms with E-state index in [-0.39, 0.29) is 12.2 Å². The van der Waals surface area contributed by atoms with Gasteiger partial charge in [-0.15, -0.1) is 0 Å². The highest BCUT2D eigenvalue weighted by Crippen LogP contribution is 2.22. The van der Waals surface area contributed by atoms with Crippen molar-refractivity contribution in [2.45, 2.75) is 6.42 Å². The van der Waals surface area contributed by atoms with Gasteiger partial charge < -0.3 is 14.3 Å². The van der Waals surface area contributed by atoms with Gasteiger partial charge in [0.25, 0.3) is 0 Å². The molecule has 0 fully saturated rings. The van der Waals surface area contributed by atoms with Crippen molar-refractivity contribution < 1.29 is 19.1 Å². The van der Waals surface area contributed by atoms with Crippen LogP contribution in [0.3, 0.4) is 0 Å². The predicted molar refractivity (Wildman–Crippen MR) is 68.7 cm³/mol. The Labute approximate surface area is 109 Å². The highest BCUT2D eigenvalue weighted by molar-refractivity contribution is 5.85. The number of carboxylic acid groups (broad SMARTS) is 1.